The summed E-state index contributed by atoms with van der Waals surface area (Å²) in [7, 11) is 1.63. The molecule has 1 saturated heterocycles. The molecule has 2 aromatic carbocycles. The number of nitrogens with one attached hydrogen (secondary N) is 3. The predicted octanol–water partition coefficient (Wildman–Crippen LogP) is 3.68. The molecule has 0 radical (unpaired) electrons. The maximum atomic E-state index is 12.0. The third-order valence-corrected chi connectivity index (χ3v) is 5.48. The molecule has 0 saturated carbocycles. The van der Waals surface area contributed by atoms with Gasteiger partial charge in [-0.2, -0.15) is 0 Å². The van der Waals surface area contributed by atoms with Gasteiger partial charge in [0, 0.05) is 43.7 Å². The van der Waals surface area contributed by atoms with Gasteiger partial charge in [-0.15, -0.1) is 0 Å². The van der Waals surface area contributed by atoms with Crippen LogP contribution >= 0.6 is 11.6 Å². The number of hydrogen-bond donors (Lipinski definition) is 3. The summed E-state index contributed by atoms with van der Waals surface area (Å²) in [5.41, 5.74) is 3.18. The molecule has 1 fully saturated rings. The summed E-state index contributed by atoms with van der Waals surface area (Å²) < 4.78 is 5.58. The first-order valence-corrected chi connectivity index (χ1v) is 9.76. The van der Waals surface area contributed by atoms with Crippen LogP contribution in [0.1, 0.15) is 28.8 Å². The molecule has 6 nitrogen and oxygen atoms in total. The second kappa shape index (κ2) is 7.81. The van der Waals surface area contributed by atoms with Crippen LogP contribution < -0.4 is 16.0 Å². The third kappa shape index (κ3) is 3.70. The second-order valence-corrected chi connectivity index (χ2v) is 7.52. The number of halogens is 1. The highest BCUT2D eigenvalue weighted by Gasteiger charge is 2.41. The monoisotopic (exact) mass is 398 g/mol. The number of anilines is 2. The Labute approximate surface area is 169 Å². The van der Waals surface area contributed by atoms with Crippen LogP contribution in [0.25, 0.3) is 0 Å². The lowest BCUT2D eigenvalue weighted by Gasteiger charge is -2.43. The van der Waals surface area contributed by atoms with E-state index in [4.69, 9.17) is 21.3 Å². The fourth-order valence-electron chi connectivity index (χ4n) is 3.68. The van der Waals surface area contributed by atoms with E-state index in [1.165, 1.54) is 0 Å². The first kappa shape index (κ1) is 18.8. The number of rotatable bonds is 3. The lowest BCUT2D eigenvalue weighted by atomic mass is 9.85. The highest BCUT2D eigenvalue weighted by atomic mass is 35.5. The van der Waals surface area contributed by atoms with Gasteiger partial charge in [0.05, 0.1) is 23.5 Å². The molecule has 4 rings (SSSR count). The van der Waals surface area contributed by atoms with Crippen molar-refractivity contribution < 1.29 is 9.53 Å². The van der Waals surface area contributed by atoms with Crippen LogP contribution in [0.5, 0.6) is 0 Å². The van der Waals surface area contributed by atoms with Crippen molar-refractivity contribution in [2.75, 3.05) is 30.9 Å². The van der Waals surface area contributed by atoms with E-state index >= 15 is 0 Å². The number of carbonyl (C=O) groups is 1. The SMILES string of the molecule is CNC(=O)c1ccc2c(c1)NC(=NCc1cccc(Cl)c1)C1(CCOCC1)N2. The summed E-state index contributed by atoms with van der Waals surface area (Å²) in [6.45, 7) is 1.88. The molecular formula is C21H23ClN4O2. The Balaban J connectivity index is 1.68. The van der Waals surface area contributed by atoms with Gasteiger partial charge >= 0.3 is 0 Å². The molecule has 2 aliphatic heterocycles. The van der Waals surface area contributed by atoms with Crippen LogP contribution in [0.2, 0.25) is 5.02 Å². The first-order valence-electron chi connectivity index (χ1n) is 9.38. The average molecular weight is 399 g/mol. The maximum absolute atomic E-state index is 12.0. The minimum atomic E-state index is -0.293. The maximum Gasteiger partial charge on any atom is 0.251 e. The summed E-state index contributed by atoms with van der Waals surface area (Å²) in [6, 6.07) is 13.3. The molecule has 0 unspecified atom stereocenters. The number of aliphatic imine (C=N–C) groups is 1. The number of carbonyl (C=O) groups excluding carboxylic acids is 1. The standard InChI is InChI=1S/C21H23ClN4O2/c1-23-19(27)15-5-6-17-18(12-15)25-20(21(26-17)7-9-28-10-8-21)24-13-14-3-2-4-16(22)11-14/h2-6,11-12,26H,7-10,13H2,1H3,(H,23,27)(H,24,25). The summed E-state index contributed by atoms with van der Waals surface area (Å²) in [6.07, 6.45) is 1.65. The van der Waals surface area contributed by atoms with Gasteiger partial charge < -0.3 is 20.7 Å². The van der Waals surface area contributed by atoms with E-state index in [-0.39, 0.29) is 11.4 Å². The van der Waals surface area contributed by atoms with E-state index in [2.05, 4.69) is 16.0 Å². The van der Waals surface area contributed by atoms with Gasteiger partial charge in [-0.05, 0) is 35.9 Å². The molecule has 7 heteroatoms. The Morgan fingerprint density at radius 2 is 2.04 bits per heavy atom. The minimum Gasteiger partial charge on any atom is -0.381 e. The van der Waals surface area contributed by atoms with E-state index in [1.807, 2.05) is 42.5 Å². The number of hydrogen-bond acceptors (Lipinski definition) is 4. The highest BCUT2D eigenvalue weighted by molar-refractivity contribution is 6.30. The van der Waals surface area contributed by atoms with Gasteiger partial charge in [0.15, 0.2) is 0 Å². The van der Waals surface area contributed by atoms with E-state index in [1.54, 1.807) is 7.05 Å². The molecule has 0 aromatic heterocycles. The Morgan fingerprint density at radius 1 is 1.21 bits per heavy atom. The quantitative estimate of drug-likeness (QED) is 0.737. The summed E-state index contributed by atoms with van der Waals surface area (Å²) in [4.78, 5) is 16.9. The molecule has 1 spiro atoms. The van der Waals surface area contributed by atoms with Crippen LogP contribution in [0.15, 0.2) is 47.5 Å². The Hall–Kier alpha value is -2.57. The Morgan fingerprint density at radius 3 is 2.79 bits per heavy atom. The van der Waals surface area contributed by atoms with Gasteiger partial charge in [0.2, 0.25) is 0 Å². The van der Waals surface area contributed by atoms with Crippen LogP contribution in [-0.4, -0.2) is 37.5 Å². The number of amides is 1. The van der Waals surface area contributed by atoms with Gasteiger partial charge in [-0.3, -0.25) is 9.79 Å². The van der Waals surface area contributed by atoms with Crippen molar-refractivity contribution in [3.05, 3.63) is 58.6 Å². The van der Waals surface area contributed by atoms with Crippen LogP contribution in [-0.2, 0) is 11.3 Å². The molecule has 3 N–H and O–H groups in total. The molecule has 0 aliphatic carbocycles. The molecule has 0 atom stereocenters. The number of nitrogens with zero attached hydrogens (tertiary/aromatic N) is 1. The van der Waals surface area contributed by atoms with Crippen LogP contribution in [0.4, 0.5) is 11.4 Å². The van der Waals surface area contributed by atoms with E-state index < -0.39 is 0 Å². The van der Waals surface area contributed by atoms with Gasteiger partial charge in [0.1, 0.15) is 5.84 Å². The topological polar surface area (TPSA) is 74.8 Å². The van der Waals surface area contributed by atoms with Crippen molar-refractivity contribution in [1.29, 1.82) is 0 Å². The summed E-state index contributed by atoms with van der Waals surface area (Å²) >= 11 is 6.11. The van der Waals surface area contributed by atoms with Crippen molar-refractivity contribution >= 4 is 34.7 Å². The average Bonchev–Trinajstić information content (AvgIpc) is 2.72. The van der Waals surface area contributed by atoms with E-state index in [0.29, 0.717) is 30.3 Å². The number of ether oxygens (including phenoxy) is 1. The van der Waals surface area contributed by atoms with Gasteiger partial charge in [-0.1, -0.05) is 23.7 Å². The predicted molar refractivity (Wildman–Crippen MR) is 112 cm³/mol. The van der Waals surface area contributed by atoms with Crippen molar-refractivity contribution in [3.8, 4) is 0 Å². The van der Waals surface area contributed by atoms with Gasteiger partial charge in [-0.25, -0.2) is 0 Å². The molecular weight excluding hydrogens is 376 g/mol. The molecule has 0 bridgehead atoms. The second-order valence-electron chi connectivity index (χ2n) is 7.08. The largest absolute Gasteiger partial charge is 0.381 e. The zero-order valence-electron chi connectivity index (χ0n) is 15.7. The van der Waals surface area contributed by atoms with Crippen LogP contribution in [0, 0.1) is 0 Å². The van der Waals surface area contributed by atoms with Crippen molar-refractivity contribution in [2.24, 2.45) is 4.99 Å². The normalized spacial score (nSPS) is 18.9. The molecule has 146 valence electrons. The van der Waals surface area contributed by atoms with Crippen molar-refractivity contribution in [1.82, 2.24) is 5.32 Å². The number of fused-ring (bicyclic) bond motifs is 1. The molecule has 2 aromatic rings. The van der Waals surface area contributed by atoms with Gasteiger partial charge in [0.25, 0.3) is 5.91 Å². The zero-order chi connectivity index (χ0) is 19.6. The fourth-order valence-corrected chi connectivity index (χ4v) is 3.90. The minimum absolute atomic E-state index is 0.117. The smallest absolute Gasteiger partial charge is 0.251 e. The molecule has 28 heavy (non-hydrogen) atoms. The lowest BCUT2D eigenvalue weighted by molar-refractivity contribution is 0.0778. The zero-order valence-corrected chi connectivity index (χ0v) is 16.5. The first-order chi connectivity index (χ1) is 13.6. The molecule has 2 heterocycles. The van der Waals surface area contributed by atoms with Crippen molar-refractivity contribution in [2.45, 2.75) is 24.9 Å². The van der Waals surface area contributed by atoms with Crippen molar-refractivity contribution in [3.63, 3.8) is 0 Å². The Kier molecular flexibility index (Phi) is 5.24. The van der Waals surface area contributed by atoms with E-state index in [0.717, 1.165) is 35.6 Å². The Bertz CT molecular complexity index is 922. The van der Waals surface area contributed by atoms with E-state index in [9.17, 15) is 4.79 Å². The number of benzene rings is 2. The highest BCUT2D eigenvalue weighted by Crippen LogP contribution is 2.37. The lowest BCUT2D eigenvalue weighted by Crippen LogP contribution is -2.55. The number of amidine groups is 1. The fraction of sp³-hybridized carbons (Fsp3) is 0.333. The summed E-state index contributed by atoms with van der Waals surface area (Å²) in [5.74, 6) is 0.755. The third-order valence-electron chi connectivity index (χ3n) is 5.24. The summed E-state index contributed by atoms with van der Waals surface area (Å²) in [5, 5.41) is 10.5. The van der Waals surface area contributed by atoms with Crippen LogP contribution in [0.3, 0.4) is 0 Å². The molecule has 1 amide bonds. The molecule has 2 aliphatic rings.